The fourth-order valence-corrected chi connectivity index (χ4v) is 1.19. The van der Waals surface area contributed by atoms with Crippen LogP contribution < -0.4 is 16.0 Å². The Labute approximate surface area is 105 Å². The summed E-state index contributed by atoms with van der Waals surface area (Å²) in [5.41, 5.74) is 0. The van der Waals surface area contributed by atoms with Gasteiger partial charge in [-0.15, -0.1) is 0 Å². The van der Waals surface area contributed by atoms with E-state index < -0.39 is 12.0 Å². The van der Waals surface area contributed by atoms with Crippen molar-refractivity contribution in [1.29, 1.82) is 0 Å². The summed E-state index contributed by atoms with van der Waals surface area (Å²) in [6, 6.07) is 5.09. The van der Waals surface area contributed by atoms with E-state index in [9.17, 15) is 9.59 Å². The van der Waals surface area contributed by atoms with Gasteiger partial charge >= 0.3 is 12.0 Å². The molecule has 2 amide bonds. The second-order valence-corrected chi connectivity index (χ2v) is 3.50. The van der Waals surface area contributed by atoms with E-state index in [1.165, 1.54) is 0 Å². The maximum absolute atomic E-state index is 11.1. The number of urea groups is 1. The van der Waals surface area contributed by atoms with Gasteiger partial charge in [-0.2, -0.15) is 0 Å². The molecule has 0 aromatic carbocycles. The van der Waals surface area contributed by atoms with Crippen LogP contribution in [-0.2, 0) is 4.79 Å². The van der Waals surface area contributed by atoms with Crippen LogP contribution in [0.5, 0.6) is 0 Å². The molecule has 7 nitrogen and oxygen atoms in total. The van der Waals surface area contributed by atoms with Gasteiger partial charge in [0.1, 0.15) is 12.4 Å². The molecule has 0 spiro atoms. The number of rotatable bonds is 7. The second kappa shape index (κ2) is 7.88. The van der Waals surface area contributed by atoms with Gasteiger partial charge in [0.2, 0.25) is 0 Å². The molecule has 1 heterocycles. The van der Waals surface area contributed by atoms with Gasteiger partial charge in [0, 0.05) is 19.3 Å². The maximum atomic E-state index is 11.1. The summed E-state index contributed by atoms with van der Waals surface area (Å²) in [7, 11) is 0. The summed E-state index contributed by atoms with van der Waals surface area (Å²) in [4.78, 5) is 25.3. The monoisotopic (exact) mass is 252 g/mol. The van der Waals surface area contributed by atoms with Gasteiger partial charge in [0.05, 0.1) is 0 Å². The molecule has 0 aliphatic rings. The number of carbonyl (C=O) groups excluding carboxylic acids is 1. The van der Waals surface area contributed by atoms with Crippen LogP contribution in [0.4, 0.5) is 10.6 Å². The van der Waals surface area contributed by atoms with Crippen molar-refractivity contribution < 1.29 is 14.7 Å². The van der Waals surface area contributed by atoms with E-state index in [-0.39, 0.29) is 6.54 Å². The quantitative estimate of drug-likeness (QED) is 0.521. The molecule has 4 N–H and O–H groups in total. The molecular weight excluding hydrogens is 236 g/mol. The smallest absolute Gasteiger partial charge is 0.323 e. The van der Waals surface area contributed by atoms with Crippen LogP contribution in [0.3, 0.4) is 0 Å². The van der Waals surface area contributed by atoms with Crippen molar-refractivity contribution in [3.05, 3.63) is 24.4 Å². The average molecular weight is 252 g/mol. The van der Waals surface area contributed by atoms with Gasteiger partial charge in [0.15, 0.2) is 0 Å². The number of pyridine rings is 1. The van der Waals surface area contributed by atoms with Crippen LogP contribution in [0.25, 0.3) is 0 Å². The fraction of sp³-hybridized carbons (Fsp3) is 0.364. The molecule has 98 valence electrons. The number of nitrogens with one attached hydrogen (secondary N) is 3. The van der Waals surface area contributed by atoms with Crippen LogP contribution in [0.1, 0.15) is 6.42 Å². The highest BCUT2D eigenvalue weighted by Gasteiger charge is 2.01. The topological polar surface area (TPSA) is 103 Å². The van der Waals surface area contributed by atoms with Gasteiger partial charge in [-0.05, 0) is 18.6 Å². The van der Waals surface area contributed by atoms with E-state index in [0.29, 0.717) is 13.1 Å². The van der Waals surface area contributed by atoms with Gasteiger partial charge in [0.25, 0.3) is 0 Å². The van der Waals surface area contributed by atoms with Crippen LogP contribution in [-0.4, -0.2) is 41.7 Å². The van der Waals surface area contributed by atoms with E-state index in [2.05, 4.69) is 20.9 Å². The van der Waals surface area contributed by atoms with E-state index >= 15 is 0 Å². The Balaban J connectivity index is 2.02. The van der Waals surface area contributed by atoms with E-state index in [1.54, 1.807) is 6.20 Å². The summed E-state index contributed by atoms with van der Waals surface area (Å²) in [6.45, 7) is 0.763. The Morgan fingerprint density at radius 3 is 2.72 bits per heavy atom. The molecule has 1 rings (SSSR count). The van der Waals surface area contributed by atoms with Crippen molar-refractivity contribution >= 4 is 17.8 Å². The highest BCUT2D eigenvalue weighted by molar-refractivity contribution is 5.79. The number of anilines is 1. The molecule has 0 saturated carbocycles. The van der Waals surface area contributed by atoms with Crippen LogP contribution in [0, 0.1) is 0 Å². The number of carboxylic acid groups (broad SMARTS) is 1. The first-order valence-corrected chi connectivity index (χ1v) is 5.57. The average Bonchev–Trinajstić information content (AvgIpc) is 2.37. The predicted molar refractivity (Wildman–Crippen MR) is 66.4 cm³/mol. The van der Waals surface area contributed by atoms with Crippen LogP contribution in [0.2, 0.25) is 0 Å². The SMILES string of the molecule is O=C(O)CNC(=O)NCCCNc1ccccn1. The first kappa shape index (κ1) is 13.8. The Morgan fingerprint density at radius 1 is 1.22 bits per heavy atom. The van der Waals surface area contributed by atoms with Gasteiger partial charge in [-0.25, -0.2) is 9.78 Å². The largest absolute Gasteiger partial charge is 0.480 e. The summed E-state index contributed by atoms with van der Waals surface area (Å²) in [5.74, 6) is -0.283. The molecule has 0 atom stereocenters. The Morgan fingerprint density at radius 2 is 2.06 bits per heavy atom. The molecule has 0 saturated heterocycles. The number of hydrogen-bond acceptors (Lipinski definition) is 4. The standard InChI is InChI=1S/C11H16N4O3/c16-10(17)8-15-11(18)14-7-3-6-13-9-4-1-2-5-12-9/h1-2,4-5H,3,6-8H2,(H,12,13)(H,16,17)(H2,14,15,18). The molecule has 0 bridgehead atoms. The van der Waals surface area contributed by atoms with Crippen molar-refractivity contribution in [3.63, 3.8) is 0 Å². The zero-order chi connectivity index (χ0) is 13.2. The van der Waals surface area contributed by atoms with E-state index in [0.717, 1.165) is 12.2 Å². The molecule has 1 aromatic heterocycles. The third-order valence-corrected chi connectivity index (χ3v) is 2.01. The molecule has 0 aliphatic heterocycles. The molecule has 0 radical (unpaired) electrons. The van der Waals surface area contributed by atoms with E-state index in [4.69, 9.17) is 5.11 Å². The van der Waals surface area contributed by atoms with Crippen molar-refractivity contribution in [2.24, 2.45) is 0 Å². The van der Waals surface area contributed by atoms with Crippen molar-refractivity contribution in [1.82, 2.24) is 15.6 Å². The Bertz CT molecular complexity index is 383. The van der Waals surface area contributed by atoms with Gasteiger partial charge in [-0.1, -0.05) is 6.07 Å². The fourth-order valence-electron chi connectivity index (χ4n) is 1.19. The van der Waals surface area contributed by atoms with Crippen molar-refractivity contribution in [2.75, 3.05) is 25.0 Å². The molecule has 0 unspecified atom stereocenters. The number of carboxylic acids is 1. The summed E-state index contributed by atoms with van der Waals surface area (Å²) < 4.78 is 0. The lowest BCUT2D eigenvalue weighted by Crippen LogP contribution is -2.39. The highest BCUT2D eigenvalue weighted by atomic mass is 16.4. The number of aromatic nitrogens is 1. The molecule has 0 aliphatic carbocycles. The first-order valence-electron chi connectivity index (χ1n) is 5.57. The summed E-state index contributed by atoms with van der Waals surface area (Å²) in [6.07, 6.45) is 2.41. The van der Waals surface area contributed by atoms with Crippen LogP contribution >= 0.6 is 0 Å². The minimum atomic E-state index is -1.07. The highest BCUT2D eigenvalue weighted by Crippen LogP contribution is 1.98. The lowest BCUT2D eigenvalue weighted by Gasteiger charge is -2.07. The Hall–Kier alpha value is -2.31. The zero-order valence-corrected chi connectivity index (χ0v) is 9.85. The second-order valence-electron chi connectivity index (χ2n) is 3.50. The van der Waals surface area contributed by atoms with Crippen molar-refractivity contribution in [3.8, 4) is 0 Å². The third-order valence-electron chi connectivity index (χ3n) is 2.01. The number of carbonyl (C=O) groups is 2. The maximum Gasteiger partial charge on any atom is 0.323 e. The normalized spacial score (nSPS) is 9.56. The Kier molecular flexibility index (Phi) is 6.02. The number of amides is 2. The minimum Gasteiger partial charge on any atom is -0.480 e. The van der Waals surface area contributed by atoms with Gasteiger partial charge in [-0.3, -0.25) is 4.79 Å². The molecular formula is C11H16N4O3. The lowest BCUT2D eigenvalue weighted by atomic mass is 10.4. The number of nitrogens with zero attached hydrogens (tertiary/aromatic N) is 1. The minimum absolute atomic E-state index is 0.377. The van der Waals surface area contributed by atoms with E-state index in [1.807, 2.05) is 18.2 Å². The number of hydrogen-bond donors (Lipinski definition) is 4. The zero-order valence-electron chi connectivity index (χ0n) is 9.85. The predicted octanol–water partition coefficient (Wildman–Crippen LogP) is 0.267. The molecule has 18 heavy (non-hydrogen) atoms. The molecule has 0 fully saturated rings. The third kappa shape index (κ3) is 6.31. The van der Waals surface area contributed by atoms with Crippen molar-refractivity contribution in [2.45, 2.75) is 6.42 Å². The van der Waals surface area contributed by atoms with Gasteiger partial charge < -0.3 is 21.1 Å². The summed E-state index contributed by atoms with van der Waals surface area (Å²) in [5, 5.41) is 16.2. The lowest BCUT2D eigenvalue weighted by molar-refractivity contribution is -0.135. The molecule has 1 aromatic rings. The summed E-state index contributed by atoms with van der Waals surface area (Å²) >= 11 is 0. The first-order chi connectivity index (χ1) is 8.68. The number of aliphatic carboxylic acids is 1. The van der Waals surface area contributed by atoms with Crippen LogP contribution in [0.15, 0.2) is 24.4 Å². The molecule has 7 heteroatoms.